The largest absolute Gasteiger partial charge is 0.359 e. The van der Waals surface area contributed by atoms with Crippen molar-refractivity contribution in [3.05, 3.63) is 53.4 Å². The van der Waals surface area contributed by atoms with Crippen molar-refractivity contribution in [2.45, 2.75) is 77.5 Å². The summed E-state index contributed by atoms with van der Waals surface area (Å²) in [6.45, 7) is 9.41. The van der Waals surface area contributed by atoms with E-state index in [4.69, 9.17) is 4.52 Å². The van der Waals surface area contributed by atoms with E-state index in [0.29, 0.717) is 24.5 Å². The fourth-order valence-electron chi connectivity index (χ4n) is 4.28. The Morgan fingerprint density at radius 3 is 2.65 bits per heavy atom. The van der Waals surface area contributed by atoms with Gasteiger partial charge in [0.1, 0.15) is 0 Å². The minimum Gasteiger partial charge on any atom is -0.359 e. The van der Waals surface area contributed by atoms with E-state index in [9.17, 15) is 0 Å². The molecule has 3 rings (SSSR count). The molecule has 2 N–H and O–H groups in total. The second-order valence-corrected chi connectivity index (χ2v) is 8.33. The first-order chi connectivity index (χ1) is 14.6. The van der Waals surface area contributed by atoms with Gasteiger partial charge in [-0.1, -0.05) is 49.3 Å². The molecule has 1 saturated heterocycles. The van der Waals surface area contributed by atoms with Crippen LogP contribution in [0.4, 0.5) is 0 Å². The fraction of sp³-hybridized carbons (Fsp3) is 0.583. The van der Waals surface area contributed by atoms with Crippen LogP contribution >= 0.6 is 24.0 Å². The van der Waals surface area contributed by atoms with Crippen LogP contribution in [0.15, 0.2) is 45.9 Å². The van der Waals surface area contributed by atoms with Crippen LogP contribution in [0.5, 0.6) is 0 Å². The smallest absolute Gasteiger partial charge is 0.191 e. The lowest BCUT2D eigenvalue weighted by Gasteiger charge is -2.38. The van der Waals surface area contributed by atoms with Gasteiger partial charge in [0.25, 0.3) is 0 Å². The summed E-state index contributed by atoms with van der Waals surface area (Å²) in [6.07, 6.45) is 4.38. The average Bonchev–Trinajstić information content (AvgIpc) is 3.23. The second-order valence-electron chi connectivity index (χ2n) is 8.33. The Kier molecular flexibility index (Phi) is 10.8. The first-order valence-electron chi connectivity index (χ1n) is 11.3. The lowest BCUT2D eigenvalue weighted by molar-refractivity contribution is 0.134. The highest BCUT2D eigenvalue weighted by molar-refractivity contribution is 14.0. The molecule has 172 valence electrons. The predicted molar refractivity (Wildman–Crippen MR) is 138 cm³/mol. The highest BCUT2D eigenvalue weighted by Crippen LogP contribution is 2.22. The van der Waals surface area contributed by atoms with Crippen molar-refractivity contribution < 1.29 is 4.52 Å². The van der Waals surface area contributed by atoms with Gasteiger partial charge in [0.2, 0.25) is 0 Å². The van der Waals surface area contributed by atoms with Gasteiger partial charge in [-0.2, -0.15) is 0 Å². The summed E-state index contributed by atoms with van der Waals surface area (Å²) in [4.78, 5) is 6.97. The number of halogens is 1. The maximum Gasteiger partial charge on any atom is 0.191 e. The molecular weight excluding hydrogens is 501 g/mol. The number of piperidine rings is 1. The molecule has 6 nitrogen and oxygen atoms in total. The molecule has 7 heteroatoms. The number of nitrogens with zero attached hydrogens (tertiary/aromatic N) is 3. The molecule has 1 aliphatic rings. The van der Waals surface area contributed by atoms with Crippen LogP contribution in [0.1, 0.15) is 69.4 Å². The molecule has 0 aliphatic carbocycles. The van der Waals surface area contributed by atoms with Gasteiger partial charge >= 0.3 is 0 Å². The molecule has 1 aromatic carbocycles. The summed E-state index contributed by atoms with van der Waals surface area (Å²) in [6, 6.07) is 13.8. The van der Waals surface area contributed by atoms with Gasteiger partial charge in [-0.25, -0.2) is 0 Å². The molecule has 2 unspecified atom stereocenters. The number of hydrogen-bond donors (Lipinski definition) is 2. The van der Waals surface area contributed by atoms with Crippen LogP contribution in [0.25, 0.3) is 0 Å². The van der Waals surface area contributed by atoms with Gasteiger partial charge in [-0.3, -0.25) is 9.89 Å². The molecule has 0 radical (unpaired) electrons. The number of guanidine groups is 1. The molecule has 1 aliphatic heterocycles. The first-order valence-corrected chi connectivity index (χ1v) is 11.3. The number of hydrogen-bond acceptors (Lipinski definition) is 4. The summed E-state index contributed by atoms with van der Waals surface area (Å²) in [5, 5.41) is 11.2. The highest BCUT2D eigenvalue weighted by atomic mass is 127. The summed E-state index contributed by atoms with van der Waals surface area (Å²) in [7, 11) is 1.82. The van der Waals surface area contributed by atoms with E-state index in [1.807, 2.05) is 7.05 Å². The molecule has 2 heterocycles. The van der Waals surface area contributed by atoms with Gasteiger partial charge < -0.3 is 15.2 Å². The van der Waals surface area contributed by atoms with Gasteiger partial charge in [0.05, 0.1) is 12.2 Å². The Balaban J connectivity index is 0.00000341. The quantitative estimate of drug-likeness (QED) is 0.284. The monoisotopic (exact) mass is 539 g/mol. The van der Waals surface area contributed by atoms with E-state index in [2.05, 4.69) is 82.9 Å². The molecule has 31 heavy (non-hydrogen) atoms. The lowest BCUT2D eigenvalue weighted by Crippen LogP contribution is -2.51. The van der Waals surface area contributed by atoms with Crippen LogP contribution in [-0.4, -0.2) is 41.7 Å². The van der Waals surface area contributed by atoms with Crippen molar-refractivity contribution in [3.8, 4) is 0 Å². The van der Waals surface area contributed by atoms with Gasteiger partial charge in [-0.15, -0.1) is 24.0 Å². The zero-order chi connectivity index (χ0) is 21.3. The topological polar surface area (TPSA) is 65.7 Å². The van der Waals surface area contributed by atoms with E-state index in [1.54, 1.807) is 0 Å². The van der Waals surface area contributed by atoms with Crippen LogP contribution in [0.2, 0.25) is 0 Å². The van der Waals surface area contributed by atoms with Crippen LogP contribution in [0, 0.1) is 0 Å². The van der Waals surface area contributed by atoms with Crippen LogP contribution < -0.4 is 10.6 Å². The van der Waals surface area contributed by atoms with Crippen molar-refractivity contribution in [2.75, 3.05) is 13.6 Å². The van der Waals surface area contributed by atoms with Crippen molar-refractivity contribution in [3.63, 3.8) is 0 Å². The van der Waals surface area contributed by atoms with Crippen molar-refractivity contribution >= 4 is 29.9 Å². The molecule has 0 spiro atoms. The zero-order valence-electron chi connectivity index (χ0n) is 19.3. The number of aromatic nitrogens is 1. The normalized spacial score (nSPS) is 19.8. The SMILES string of the molecule is CCC(CC)c1cc(CNC(=NC)NC2CCN(Cc3ccccc3)C(C)C2)on1.I. The van der Waals surface area contributed by atoms with E-state index in [-0.39, 0.29) is 24.0 Å². The zero-order valence-corrected chi connectivity index (χ0v) is 21.6. The van der Waals surface area contributed by atoms with Crippen molar-refractivity contribution in [2.24, 2.45) is 4.99 Å². The lowest BCUT2D eigenvalue weighted by atomic mass is 9.97. The van der Waals surface area contributed by atoms with Crippen LogP contribution in [0.3, 0.4) is 0 Å². The summed E-state index contributed by atoms with van der Waals surface area (Å²) in [5.41, 5.74) is 2.44. The minimum atomic E-state index is 0. The minimum absolute atomic E-state index is 0. The van der Waals surface area contributed by atoms with E-state index in [1.165, 1.54) is 5.56 Å². The third-order valence-corrected chi connectivity index (χ3v) is 6.22. The molecule has 2 atom stereocenters. The molecule has 0 amide bonds. The van der Waals surface area contributed by atoms with E-state index >= 15 is 0 Å². The number of likely N-dealkylation sites (tertiary alicyclic amines) is 1. The molecule has 0 bridgehead atoms. The van der Waals surface area contributed by atoms with Gasteiger partial charge in [0, 0.05) is 44.2 Å². The Morgan fingerprint density at radius 1 is 1.26 bits per heavy atom. The predicted octanol–water partition coefficient (Wildman–Crippen LogP) is 4.91. The number of aliphatic imine (C=N–C) groups is 1. The second kappa shape index (κ2) is 13.1. The highest BCUT2D eigenvalue weighted by Gasteiger charge is 2.26. The maximum absolute atomic E-state index is 5.52. The summed E-state index contributed by atoms with van der Waals surface area (Å²) in [5.74, 6) is 2.15. The average molecular weight is 540 g/mol. The van der Waals surface area contributed by atoms with E-state index in [0.717, 1.165) is 56.2 Å². The molecular formula is C24H38IN5O. The van der Waals surface area contributed by atoms with Gasteiger partial charge in [0.15, 0.2) is 11.7 Å². The maximum atomic E-state index is 5.52. The fourth-order valence-corrected chi connectivity index (χ4v) is 4.28. The van der Waals surface area contributed by atoms with Crippen molar-refractivity contribution in [1.29, 1.82) is 0 Å². The Labute approximate surface area is 204 Å². The van der Waals surface area contributed by atoms with Crippen LogP contribution in [-0.2, 0) is 13.1 Å². The number of benzene rings is 1. The Morgan fingerprint density at radius 2 is 2.00 bits per heavy atom. The number of rotatable bonds is 8. The third-order valence-electron chi connectivity index (χ3n) is 6.22. The van der Waals surface area contributed by atoms with Crippen molar-refractivity contribution in [1.82, 2.24) is 20.7 Å². The third kappa shape index (κ3) is 7.49. The first kappa shape index (κ1) is 25.6. The molecule has 1 aromatic heterocycles. The summed E-state index contributed by atoms with van der Waals surface area (Å²) >= 11 is 0. The van der Waals surface area contributed by atoms with E-state index < -0.39 is 0 Å². The number of nitrogens with one attached hydrogen (secondary N) is 2. The molecule has 0 saturated carbocycles. The van der Waals surface area contributed by atoms with Gasteiger partial charge in [-0.05, 0) is 38.2 Å². The molecule has 2 aromatic rings. The molecule has 1 fully saturated rings. The Bertz CT molecular complexity index is 790. The standard InChI is InChI=1S/C24H37N5O.HI/c1-5-20(6-2)23-15-22(30-28-23)16-26-24(25-4)27-21-12-13-29(18(3)14-21)17-19-10-8-7-9-11-19;/h7-11,15,18,20-21H,5-6,12-14,16-17H2,1-4H3,(H2,25,26,27);1H. The Hall–Kier alpha value is -1.61. The summed E-state index contributed by atoms with van der Waals surface area (Å²) < 4.78 is 5.52.